The largest absolute Gasteiger partial charge is 0.315 e. The third-order valence-electron chi connectivity index (χ3n) is 4.08. The molecule has 1 aromatic heterocycles. The predicted molar refractivity (Wildman–Crippen MR) is 78.0 cm³/mol. The predicted octanol–water partition coefficient (Wildman–Crippen LogP) is 2.64. The van der Waals surface area contributed by atoms with Crippen molar-refractivity contribution in [1.29, 1.82) is 0 Å². The summed E-state index contributed by atoms with van der Waals surface area (Å²) in [5, 5.41) is 11.8. The smallest absolute Gasteiger partial charge is 0.0725 e. The molecule has 1 aliphatic carbocycles. The normalized spacial score (nSPS) is 17.1. The summed E-state index contributed by atoms with van der Waals surface area (Å²) in [6.07, 6.45) is 8.27. The van der Waals surface area contributed by atoms with E-state index in [9.17, 15) is 0 Å². The van der Waals surface area contributed by atoms with Crippen LogP contribution in [0.15, 0.2) is 6.20 Å². The van der Waals surface area contributed by atoms with E-state index in [0.29, 0.717) is 6.04 Å². The van der Waals surface area contributed by atoms with Crippen molar-refractivity contribution in [3.05, 3.63) is 11.9 Å². The van der Waals surface area contributed by atoms with E-state index in [4.69, 9.17) is 0 Å². The molecule has 0 amide bonds. The quantitative estimate of drug-likeness (QED) is 0.697. The second kappa shape index (κ2) is 7.04. The Morgan fingerprint density at radius 1 is 1.42 bits per heavy atom. The maximum atomic E-state index is 4.27. The summed E-state index contributed by atoms with van der Waals surface area (Å²) in [7, 11) is 0. The molecule has 0 spiro atoms. The van der Waals surface area contributed by atoms with Gasteiger partial charge in [-0.15, -0.1) is 5.10 Å². The van der Waals surface area contributed by atoms with Crippen LogP contribution in [0.1, 0.15) is 52.1 Å². The van der Waals surface area contributed by atoms with Crippen LogP contribution in [-0.2, 0) is 13.0 Å². The van der Waals surface area contributed by atoms with E-state index < -0.39 is 0 Å². The fourth-order valence-electron chi connectivity index (χ4n) is 2.69. The minimum Gasteiger partial charge on any atom is -0.315 e. The topological polar surface area (TPSA) is 42.7 Å². The SMILES string of the molecule is CCC(Cn1nncc1CCCNC(C)C)C1CC1. The highest BCUT2D eigenvalue weighted by Gasteiger charge is 2.30. The highest BCUT2D eigenvalue weighted by Crippen LogP contribution is 2.39. The van der Waals surface area contributed by atoms with E-state index in [0.717, 1.165) is 37.8 Å². The van der Waals surface area contributed by atoms with Crippen molar-refractivity contribution in [2.24, 2.45) is 11.8 Å². The van der Waals surface area contributed by atoms with Crippen molar-refractivity contribution in [2.45, 2.75) is 65.5 Å². The molecule has 1 unspecified atom stereocenters. The highest BCUT2D eigenvalue weighted by atomic mass is 15.4. The molecule has 0 aliphatic heterocycles. The van der Waals surface area contributed by atoms with E-state index in [-0.39, 0.29) is 0 Å². The maximum Gasteiger partial charge on any atom is 0.0725 e. The molecule has 0 saturated heterocycles. The Morgan fingerprint density at radius 2 is 2.21 bits per heavy atom. The average Bonchev–Trinajstić information content (AvgIpc) is 3.13. The molecule has 4 nitrogen and oxygen atoms in total. The fraction of sp³-hybridized carbons (Fsp3) is 0.867. The molecule has 1 aromatic rings. The van der Waals surface area contributed by atoms with Crippen molar-refractivity contribution in [3.8, 4) is 0 Å². The number of nitrogens with zero attached hydrogens (tertiary/aromatic N) is 3. The van der Waals surface area contributed by atoms with Crippen LogP contribution in [0.5, 0.6) is 0 Å². The molecule has 1 N–H and O–H groups in total. The van der Waals surface area contributed by atoms with Gasteiger partial charge in [-0.3, -0.25) is 0 Å². The molecule has 0 aromatic carbocycles. The molecule has 1 atom stereocenters. The number of aromatic nitrogens is 3. The standard InChI is InChI=1S/C15H28N4/c1-4-13(14-7-8-14)11-19-15(10-17-18-19)6-5-9-16-12(2)3/h10,12-14,16H,4-9,11H2,1-3H3. The van der Waals surface area contributed by atoms with E-state index >= 15 is 0 Å². The lowest BCUT2D eigenvalue weighted by Crippen LogP contribution is -2.24. The first-order valence-corrected chi connectivity index (χ1v) is 7.81. The minimum absolute atomic E-state index is 0.572. The molecule has 1 fully saturated rings. The molecule has 108 valence electrons. The second-order valence-corrected chi connectivity index (χ2v) is 6.13. The van der Waals surface area contributed by atoms with Gasteiger partial charge in [0.15, 0.2) is 0 Å². The lowest BCUT2D eigenvalue weighted by atomic mass is 10.0. The first-order valence-electron chi connectivity index (χ1n) is 7.81. The number of rotatable bonds is 9. The van der Waals surface area contributed by atoms with E-state index in [1.165, 1.54) is 25.0 Å². The Kier molecular flexibility index (Phi) is 5.37. The van der Waals surface area contributed by atoms with Gasteiger partial charge in [0.2, 0.25) is 0 Å². The van der Waals surface area contributed by atoms with Crippen molar-refractivity contribution >= 4 is 0 Å². The van der Waals surface area contributed by atoms with Crippen LogP contribution in [0, 0.1) is 11.8 Å². The van der Waals surface area contributed by atoms with E-state index in [1.54, 1.807) is 0 Å². The van der Waals surface area contributed by atoms with Gasteiger partial charge in [-0.05, 0) is 44.1 Å². The number of hydrogen-bond acceptors (Lipinski definition) is 3. The van der Waals surface area contributed by atoms with Crippen molar-refractivity contribution in [2.75, 3.05) is 6.54 Å². The van der Waals surface area contributed by atoms with Gasteiger partial charge < -0.3 is 5.32 Å². The third kappa shape index (κ3) is 4.60. The fourth-order valence-corrected chi connectivity index (χ4v) is 2.69. The van der Waals surface area contributed by atoms with Crippen molar-refractivity contribution in [3.63, 3.8) is 0 Å². The molecule has 0 radical (unpaired) electrons. The Morgan fingerprint density at radius 3 is 2.84 bits per heavy atom. The van der Waals surface area contributed by atoms with Crippen LogP contribution in [0.2, 0.25) is 0 Å². The zero-order valence-electron chi connectivity index (χ0n) is 12.6. The van der Waals surface area contributed by atoms with Crippen LogP contribution in [-0.4, -0.2) is 27.6 Å². The van der Waals surface area contributed by atoms with Gasteiger partial charge in [-0.25, -0.2) is 4.68 Å². The lowest BCUT2D eigenvalue weighted by molar-refractivity contribution is 0.352. The number of nitrogens with one attached hydrogen (secondary N) is 1. The average molecular weight is 264 g/mol. The maximum absolute atomic E-state index is 4.27. The number of hydrogen-bond donors (Lipinski definition) is 1. The van der Waals surface area contributed by atoms with Crippen LogP contribution < -0.4 is 5.32 Å². The van der Waals surface area contributed by atoms with Gasteiger partial charge in [0, 0.05) is 12.6 Å². The van der Waals surface area contributed by atoms with Crippen molar-refractivity contribution < 1.29 is 0 Å². The van der Waals surface area contributed by atoms with Gasteiger partial charge in [-0.1, -0.05) is 32.4 Å². The molecule has 0 bridgehead atoms. The van der Waals surface area contributed by atoms with Crippen LogP contribution in [0.4, 0.5) is 0 Å². The molecule has 1 saturated carbocycles. The van der Waals surface area contributed by atoms with E-state index in [2.05, 4.69) is 41.1 Å². The minimum atomic E-state index is 0.572. The zero-order valence-corrected chi connectivity index (χ0v) is 12.6. The molecule has 4 heteroatoms. The summed E-state index contributed by atoms with van der Waals surface area (Å²) in [5.74, 6) is 1.75. The summed E-state index contributed by atoms with van der Waals surface area (Å²) >= 11 is 0. The monoisotopic (exact) mass is 264 g/mol. The number of aryl methyl sites for hydroxylation is 1. The van der Waals surface area contributed by atoms with Gasteiger partial charge in [-0.2, -0.15) is 0 Å². The summed E-state index contributed by atoms with van der Waals surface area (Å²) in [4.78, 5) is 0. The van der Waals surface area contributed by atoms with Gasteiger partial charge >= 0.3 is 0 Å². The molecule has 1 aliphatic rings. The van der Waals surface area contributed by atoms with Crippen LogP contribution in [0.3, 0.4) is 0 Å². The summed E-state index contributed by atoms with van der Waals surface area (Å²) in [6, 6.07) is 0.572. The van der Waals surface area contributed by atoms with E-state index in [1.807, 2.05) is 6.20 Å². The van der Waals surface area contributed by atoms with Crippen LogP contribution in [0.25, 0.3) is 0 Å². The highest BCUT2D eigenvalue weighted by molar-refractivity contribution is 4.95. The second-order valence-electron chi connectivity index (χ2n) is 6.13. The first-order chi connectivity index (χ1) is 9.20. The van der Waals surface area contributed by atoms with Crippen LogP contribution >= 0.6 is 0 Å². The molecule has 1 heterocycles. The Hall–Kier alpha value is -0.900. The summed E-state index contributed by atoms with van der Waals surface area (Å²) in [5.41, 5.74) is 1.30. The Bertz CT molecular complexity index is 368. The first kappa shape index (κ1) is 14.5. The Balaban J connectivity index is 1.79. The lowest BCUT2D eigenvalue weighted by Gasteiger charge is -2.15. The van der Waals surface area contributed by atoms with Crippen molar-refractivity contribution in [1.82, 2.24) is 20.3 Å². The van der Waals surface area contributed by atoms with Gasteiger partial charge in [0.25, 0.3) is 0 Å². The van der Waals surface area contributed by atoms with Gasteiger partial charge in [0.05, 0.1) is 11.9 Å². The summed E-state index contributed by atoms with van der Waals surface area (Å²) < 4.78 is 2.14. The third-order valence-corrected chi connectivity index (χ3v) is 4.08. The molecular weight excluding hydrogens is 236 g/mol. The van der Waals surface area contributed by atoms with Gasteiger partial charge in [0.1, 0.15) is 0 Å². The molecule has 19 heavy (non-hydrogen) atoms. The summed E-state index contributed by atoms with van der Waals surface area (Å²) in [6.45, 7) is 8.81. The molecular formula is C15H28N4. The Labute approximate surface area is 117 Å². The zero-order chi connectivity index (χ0) is 13.7. The molecule has 2 rings (SSSR count).